The van der Waals surface area contributed by atoms with Gasteiger partial charge in [-0.15, -0.1) is 0 Å². The molecule has 2 saturated heterocycles. The van der Waals surface area contributed by atoms with Gasteiger partial charge >= 0.3 is 0 Å². The Morgan fingerprint density at radius 3 is 2.56 bits per heavy atom. The summed E-state index contributed by atoms with van der Waals surface area (Å²) in [5.41, 5.74) is 0.474. The smallest absolute Gasteiger partial charge is 0.0223 e. The Hall–Kier alpha value is -0.0800. The molecular weight excluding hydrogens is 220 g/mol. The lowest BCUT2D eigenvalue weighted by atomic mass is 9.90. The van der Waals surface area contributed by atoms with Crippen molar-refractivity contribution in [3.8, 4) is 0 Å². The normalized spacial score (nSPS) is 31.3. The molecule has 106 valence electrons. The van der Waals surface area contributed by atoms with Crippen molar-refractivity contribution in [2.75, 3.05) is 26.2 Å². The summed E-state index contributed by atoms with van der Waals surface area (Å²) in [6.45, 7) is 14.8. The molecule has 0 radical (unpaired) electrons. The second-order valence-corrected chi connectivity index (χ2v) is 7.51. The summed E-state index contributed by atoms with van der Waals surface area (Å²) in [5, 5.41) is 0. The molecule has 2 atom stereocenters. The van der Waals surface area contributed by atoms with Gasteiger partial charge in [0, 0.05) is 25.2 Å². The van der Waals surface area contributed by atoms with Crippen molar-refractivity contribution in [1.82, 2.24) is 9.80 Å². The van der Waals surface area contributed by atoms with E-state index in [1.54, 1.807) is 0 Å². The van der Waals surface area contributed by atoms with Gasteiger partial charge in [0.2, 0.25) is 0 Å². The van der Waals surface area contributed by atoms with Crippen LogP contribution in [0, 0.1) is 5.41 Å². The number of fused-ring (bicyclic) bond motifs is 1. The van der Waals surface area contributed by atoms with Crippen molar-refractivity contribution < 1.29 is 0 Å². The lowest BCUT2D eigenvalue weighted by molar-refractivity contribution is 0.00318. The number of hydrogen-bond donors (Lipinski definition) is 0. The third-order valence-corrected chi connectivity index (χ3v) is 4.78. The molecular formula is C16H32N2. The predicted molar refractivity (Wildman–Crippen MR) is 78.9 cm³/mol. The molecule has 0 aliphatic carbocycles. The lowest BCUT2D eigenvalue weighted by Crippen LogP contribution is -2.59. The van der Waals surface area contributed by atoms with E-state index in [0.717, 1.165) is 12.1 Å². The first-order chi connectivity index (χ1) is 8.49. The van der Waals surface area contributed by atoms with E-state index in [9.17, 15) is 0 Å². The molecule has 0 aromatic rings. The maximum atomic E-state index is 2.79. The number of rotatable bonds is 3. The van der Waals surface area contributed by atoms with Gasteiger partial charge in [-0.2, -0.15) is 0 Å². The third-order valence-electron chi connectivity index (χ3n) is 4.78. The molecule has 2 heterocycles. The summed E-state index contributed by atoms with van der Waals surface area (Å²) in [6, 6.07) is 1.67. The molecule has 0 aromatic heterocycles. The highest BCUT2D eigenvalue weighted by molar-refractivity contribution is 4.90. The van der Waals surface area contributed by atoms with Gasteiger partial charge in [-0.25, -0.2) is 0 Å². The van der Waals surface area contributed by atoms with Gasteiger partial charge in [0.1, 0.15) is 0 Å². The second-order valence-electron chi connectivity index (χ2n) is 7.51. The maximum Gasteiger partial charge on any atom is 0.0223 e. The molecule has 0 aromatic carbocycles. The van der Waals surface area contributed by atoms with Crippen LogP contribution in [-0.2, 0) is 0 Å². The minimum absolute atomic E-state index is 0.474. The Morgan fingerprint density at radius 1 is 1.11 bits per heavy atom. The number of nitrogens with zero attached hydrogens (tertiary/aromatic N) is 2. The summed E-state index contributed by atoms with van der Waals surface area (Å²) < 4.78 is 0. The Kier molecular flexibility index (Phi) is 4.71. The average molecular weight is 252 g/mol. The van der Waals surface area contributed by atoms with Crippen LogP contribution in [0.1, 0.15) is 59.8 Å². The number of piperidine rings is 1. The summed E-state index contributed by atoms with van der Waals surface area (Å²) in [6.07, 6.45) is 6.95. The molecule has 0 spiro atoms. The topological polar surface area (TPSA) is 6.48 Å². The lowest BCUT2D eigenvalue weighted by Gasteiger charge is -2.49. The van der Waals surface area contributed by atoms with Gasteiger partial charge in [0.05, 0.1) is 0 Å². The first kappa shape index (κ1) is 14.3. The Bertz CT molecular complexity index is 256. The first-order valence-electron chi connectivity index (χ1n) is 7.97. The largest absolute Gasteiger partial charge is 0.298 e. The Labute approximate surface area is 114 Å². The van der Waals surface area contributed by atoms with Gasteiger partial charge < -0.3 is 0 Å². The fraction of sp³-hybridized carbons (Fsp3) is 1.00. The fourth-order valence-corrected chi connectivity index (χ4v) is 3.45. The van der Waals surface area contributed by atoms with Crippen molar-refractivity contribution in [3.63, 3.8) is 0 Å². The zero-order valence-electron chi connectivity index (χ0n) is 12.9. The summed E-state index contributed by atoms with van der Waals surface area (Å²) in [7, 11) is 0. The van der Waals surface area contributed by atoms with Gasteiger partial charge in [-0.05, 0) is 44.2 Å². The highest BCUT2D eigenvalue weighted by Gasteiger charge is 2.34. The molecule has 2 aliphatic heterocycles. The van der Waals surface area contributed by atoms with E-state index in [2.05, 4.69) is 37.5 Å². The highest BCUT2D eigenvalue weighted by atomic mass is 15.3. The Balaban J connectivity index is 1.91. The molecule has 2 rings (SSSR count). The second kappa shape index (κ2) is 5.92. The van der Waals surface area contributed by atoms with Crippen LogP contribution in [0.5, 0.6) is 0 Å². The van der Waals surface area contributed by atoms with Gasteiger partial charge in [0.15, 0.2) is 0 Å². The van der Waals surface area contributed by atoms with Crippen molar-refractivity contribution in [1.29, 1.82) is 0 Å². The predicted octanol–water partition coefficient (Wildman–Crippen LogP) is 3.37. The van der Waals surface area contributed by atoms with Crippen molar-refractivity contribution in [2.24, 2.45) is 5.41 Å². The molecule has 0 amide bonds. The van der Waals surface area contributed by atoms with Crippen LogP contribution < -0.4 is 0 Å². The van der Waals surface area contributed by atoms with Crippen LogP contribution in [-0.4, -0.2) is 48.1 Å². The number of piperazine rings is 1. The quantitative estimate of drug-likeness (QED) is 0.760. The van der Waals surface area contributed by atoms with E-state index in [-0.39, 0.29) is 0 Å². The molecule has 2 nitrogen and oxygen atoms in total. The van der Waals surface area contributed by atoms with Crippen molar-refractivity contribution in [3.05, 3.63) is 0 Å². The van der Waals surface area contributed by atoms with E-state index in [1.807, 2.05) is 0 Å². The van der Waals surface area contributed by atoms with Crippen LogP contribution >= 0.6 is 0 Å². The molecule has 0 bridgehead atoms. The van der Waals surface area contributed by atoms with E-state index in [0.29, 0.717) is 5.41 Å². The van der Waals surface area contributed by atoms with Gasteiger partial charge in [-0.1, -0.05) is 34.1 Å². The molecule has 18 heavy (non-hydrogen) atoms. The maximum absolute atomic E-state index is 2.79. The zero-order chi connectivity index (χ0) is 13.2. The van der Waals surface area contributed by atoms with E-state index < -0.39 is 0 Å². The van der Waals surface area contributed by atoms with Crippen LogP contribution in [0.4, 0.5) is 0 Å². The van der Waals surface area contributed by atoms with E-state index in [1.165, 1.54) is 58.3 Å². The minimum atomic E-state index is 0.474. The average Bonchev–Trinajstić information content (AvgIpc) is 2.34. The van der Waals surface area contributed by atoms with Crippen LogP contribution in [0.25, 0.3) is 0 Å². The van der Waals surface area contributed by atoms with Crippen molar-refractivity contribution >= 4 is 0 Å². The summed E-state index contributed by atoms with van der Waals surface area (Å²) in [5.74, 6) is 0. The van der Waals surface area contributed by atoms with Gasteiger partial charge in [0.25, 0.3) is 0 Å². The Morgan fingerprint density at radius 2 is 1.89 bits per heavy atom. The number of hydrogen-bond acceptors (Lipinski definition) is 2. The van der Waals surface area contributed by atoms with Crippen molar-refractivity contribution in [2.45, 2.75) is 71.9 Å². The highest BCUT2D eigenvalue weighted by Crippen LogP contribution is 2.27. The third kappa shape index (κ3) is 3.71. The molecule has 2 aliphatic rings. The molecule has 2 fully saturated rings. The van der Waals surface area contributed by atoms with Crippen LogP contribution in [0.2, 0.25) is 0 Å². The minimum Gasteiger partial charge on any atom is -0.298 e. The molecule has 2 unspecified atom stereocenters. The van der Waals surface area contributed by atoms with Gasteiger partial charge in [-0.3, -0.25) is 9.80 Å². The van der Waals surface area contributed by atoms with Crippen LogP contribution in [0.3, 0.4) is 0 Å². The monoisotopic (exact) mass is 252 g/mol. The summed E-state index contributed by atoms with van der Waals surface area (Å²) >= 11 is 0. The standard InChI is InChI=1S/C16H32N2/c1-5-14-12-17-10-7-6-8-15(17)13-18(14)11-9-16(2,3)4/h14-15H,5-13H2,1-4H3. The summed E-state index contributed by atoms with van der Waals surface area (Å²) in [4.78, 5) is 5.56. The first-order valence-corrected chi connectivity index (χ1v) is 7.97. The molecule has 0 saturated carbocycles. The molecule has 2 heteroatoms. The SMILES string of the molecule is CCC1CN2CCCCC2CN1CCC(C)(C)C. The van der Waals surface area contributed by atoms with E-state index >= 15 is 0 Å². The van der Waals surface area contributed by atoms with Crippen LogP contribution in [0.15, 0.2) is 0 Å². The fourth-order valence-electron chi connectivity index (χ4n) is 3.45. The molecule has 0 N–H and O–H groups in total. The zero-order valence-corrected chi connectivity index (χ0v) is 12.9. The van der Waals surface area contributed by atoms with E-state index in [4.69, 9.17) is 0 Å².